The van der Waals surface area contributed by atoms with Crippen molar-refractivity contribution in [3.05, 3.63) is 72.4 Å². The van der Waals surface area contributed by atoms with Gasteiger partial charge in [-0.2, -0.15) is 5.26 Å². The molecular weight excluding hydrogens is 444 g/mol. The molecule has 2 heterocycles. The Balaban J connectivity index is 1.64. The molecule has 34 heavy (non-hydrogen) atoms. The van der Waals surface area contributed by atoms with Crippen molar-refractivity contribution in [1.29, 1.82) is 5.26 Å². The van der Waals surface area contributed by atoms with Gasteiger partial charge in [-0.15, -0.1) is 0 Å². The molecule has 0 amide bonds. The van der Waals surface area contributed by atoms with Crippen molar-refractivity contribution in [3.8, 4) is 28.6 Å². The van der Waals surface area contributed by atoms with Gasteiger partial charge in [-0.1, -0.05) is 37.3 Å². The van der Waals surface area contributed by atoms with E-state index in [1.807, 2.05) is 49.4 Å². The average Bonchev–Trinajstić information content (AvgIpc) is 3.12. The molecule has 1 saturated carbocycles. The van der Waals surface area contributed by atoms with Crippen LogP contribution in [-0.4, -0.2) is 23.7 Å². The van der Waals surface area contributed by atoms with Crippen molar-refractivity contribution in [2.45, 2.75) is 38.6 Å². The Morgan fingerprint density at radius 1 is 1.09 bits per heavy atom. The fourth-order valence-electron chi connectivity index (χ4n) is 4.62. The summed E-state index contributed by atoms with van der Waals surface area (Å²) >= 11 is 0. The van der Waals surface area contributed by atoms with E-state index >= 15 is 0 Å². The maximum atomic E-state index is 12.1. The van der Waals surface area contributed by atoms with Crippen molar-refractivity contribution in [2.24, 2.45) is 0 Å². The van der Waals surface area contributed by atoms with Crippen LogP contribution in [0.3, 0.4) is 0 Å². The lowest BCUT2D eigenvalue weighted by molar-refractivity contribution is 0.324. The van der Waals surface area contributed by atoms with Gasteiger partial charge in [-0.25, -0.2) is 8.42 Å². The molecule has 6 nitrogen and oxygen atoms in total. The van der Waals surface area contributed by atoms with Gasteiger partial charge in [0, 0.05) is 28.9 Å². The first-order valence-electron chi connectivity index (χ1n) is 11.6. The van der Waals surface area contributed by atoms with E-state index in [0.717, 1.165) is 46.3 Å². The first-order valence-corrected chi connectivity index (χ1v) is 13.3. The van der Waals surface area contributed by atoms with E-state index in [1.165, 1.54) is 6.42 Å². The molecule has 7 heteroatoms. The Kier molecular flexibility index (Phi) is 5.84. The summed E-state index contributed by atoms with van der Waals surface area (Å²) in [4.78, 5) is 4.49. The summed E-state index contributed by atoms with van der Waals surface area (Å²) in [7, 11) is -3.36. The van der Waals surface area contributed by atoms with E-state index in [1.54, 1.807) is 18.3 Å². The molecule has 0 spiro atoms. The first kappa shape index (κ1) is 22.2. The second-order valence-electron chi connectivity index (χ2n) is 8.74. The number of sulfonamides is 1. The summed E-state index contributed by atoms with van der Waals surface area (Å²) in [5, 5.41) is 11.1. The molecule has 1 N–H and O–H groups in total. The highest BCUT2D eigenvalue weighted by Gasteiger charge is 2.28. The van der Waals surface area contributed by atoms with Gasteiger partial charge in [-0.05, 0) is 61.6 Å². The maximum Gasteiger partial charge on any atom is 0.232 e. The number of nitrogens with one attached hydrogen (secondary N) is 1. The highest BCUT2D eigenvalue weighted by Crippen LogP contribution is 2.43. The summed E-state index contributed by atoms with van der Waals surface area (Å²) in [6.45, 7) is 1.84. The van der Waals surface area contributed by atoms with Crippen LogP contribution in [0.25, 0.3) is 33.4 Å². The fraction of sp³-hybridized carbons (Fsp3) is 0.259. The van der Waals surface area contributed by atoms with Crippen molar-refractivity contribution in [1.82, 2.24) is 9.55 Å². The number of fused-ring (bicyclic) bond motifs is 1. The number of nitrogens with zero attached hydrogens (tertiary/aromatic N) is 3. The van der Waals surface area contributed by atoms with Gasteiger partial charge in [-0.3, -0.25) is 9.71 Å². The van der Waals surface area contributed by atoms with Gasteiger partial charge >= 0.3 is 0 Å². The van der Waals surface area contributed by atoms with Crippen LogP contribution in [0.1, 0.15) is 44.2 Å². The van der Waals surface area contributed by atoms with Crippen LogP contribution in [0, 0.1) is 11.3 Å². The average molecular weight is 471 g/mol. The van der Waals surface area contributed by atoms with E-state index in [2.05, 4.69) is 26.4 Å². The molecule has 0 radical (unpaired) electrons. The summed E-state index contributed by atoms with van der Waals surface area (Å²) in [5.41, 5.74) is 5.92. The van der Waals surface area contributed by atoms with Gasteiger partial charge in [0.25, 0.3) is 0 Å². The van der Waals surface area contributed by atoms with Crippen LogP contribution in [-0.2, 0) is 10.0 Å². The molecule has 1 aliphatic rings. The number of anilines is 1. The Morgan fingerprint density at radius 3 is 2.47 bits per heavy atom. The quantitative estimate of drug-likeness (QED) is 0.352. The second kappa shape index (κ2) is 8.96. The van der Waals surface area contributed by atoms with Crippen molar-refractivity contribution >= 4 is 26.6 Å². The molecular formula is C27H26N4O2S. The van der Waals surface area contributed by atoms with E-state index in [4.69, 9.17) is 0 Å². The molecule has 2 aromatic heterocycles. The number of hydrogen-bond acceptors (Lipinski definition) is 4. The molecule has 0 bridgehead atoms. The largest absolute Gasteiger partial charge is 0.336 e. The van der Waals surface area contributed by atoms with Gasteiger partial charge in [0.15, 0.2) is 0 Å². The number of pyridine rings is 1. The lowest BCUT2D eigenvalue weighted by Gasteiger charge is -2.30. The zero-order chi connectivity index (χ0) is 23.7. The molecule has 1 fully saturated rings. The summed E-state index contributed by atoms with van der Waals surface area (Å²) in [6.07, 6.45) is 5.66. The SMILES string of the molecule is CCCS(=O)(=O)Nc1ccc(-c2c(C#N)c3ccc(-c4ccccn4)cc3n2C2CCC2)cc1. The number of rotatable bonds is 7. The summed E-state index contributed by atoms with van der Waals surface area (Å²) < 4.78 is 29.2. The van der Waals surface area contributed by atoms with Gasteiger partial charge < -0.3 is 4.57 Å². The lowest BCUT2D eigenvalue weighted by Crippen LogP contribution is -2.18. The molecule has 2 aromatic carbocycles. The van der Waals surface area contributed by atoms with Crippen LogP contribution in [0.15, 0.2) is 66.9 Å². The van der Waals surface area contributed by atoms with E-state index < -0.39 is 10.0 Å². The molecule has 0 unspecified atom stereocenters. The third-order valence-corrected chi connectivity index (χ3v) is 7.91. The second-order valence-corrected chi connectivity index (χ2v) is 10.6. The van der Waals surface area contributed by atoms with E-state index in [-0.39, 0.29) is 5.75 Å². The Morgan fingerprint density at radius 2 is 1.85 bits per heavy atom. The van der Waals surface area contributed by atoms with Gasteiger partial charge in [0.1, 0.15) is 6.07 Å². The summed E-state index contributed by atoms with van der Waals surface area (Å²) in [5.74, 6) is 0.0852. The molecule has 0 aliphatic heterocycles. The standard InChI is InChI=1S/C27H26N4O2S/c1-2-16-34(32,33)30-21-12-9-19(10-13-21)27-24(18-28)23-14-11-20(25-8-3-4-15-29-25)17-26(23)31(27)22-6-5-7-22/h3-4,8-15,17,22,30H,2,5-7,16H2,1H3. The monoisotopic (exact) mass is 470 g/mol. The topological polar surface area (TPSA) is 87.8 Å². The minimum absolute atomic E-state index is 0.0852. The normalized spacial score (nSPS) is 14.0. The van der Waals surface area contributed by atoms with E-state index in [0.29, 0.717) is 23.7 Å². The Hall–Kier alpha value is -3.63. The third-order valence-electron chi connectivity index (χ3n) is 6.42. The number of hydrogen-bond donors (Lipinski definition) is 1. The van der Waals surface area contributed by atoms with E-state index in [9.17, 15) is 13.7 Å². The van der Waals surface area contributed by atoms with Crippen LogP contribution >= 0.6 is 0 Å². The van der Waals surface area contributed by atoms with Crippen molar-refractivity contribution in [3.63, 3.8) is 0 Å². The number of nitriles is 1. The summed E-state index contributed by atoms with van der Waals surface area (Å²) in [6, 6.07) is 22.1. The zero-order valence-electron chi connectivity index (χ0n) is 19.0. The van der Waals surface area contributed by atoms with Crippen molar-refractivity contribution < 1.29 is 8.42 Å². The predicted molar refractivity (Wildman–Crippen MR) is 136 cm³/mol. The molecule has 0 saturated heterocycles. The highest BCUT2D eigenvalue weighted by molar-refractivity contribution is 7.92. The van der Waals surface area contributed by atoms with Gasteiger partial charge in [0.05, 0.1) is 28.2 Å². The fourth-order valence-corrected chi connectivity index (χ4v) is 5.75. The number of aromatic nitrogens is 2. The van der Waals surface area contributed by atoms with Crippen LogP contribution in [0.2, 0.25) is 0 Å². The van der Waals surface area contributed by atoms with Gasteiger partial charge in [0.2, 0.25) is 10.0 Å². The third kappa shape index (κ3) is 4.06. The predicted octanol–water partition coefficient (Wildman–Crippen LogP) is 6.12. The Bertz CT molecular complexity index is 1480. The molecule has 5 rings (SSSR count). The molecule has 0 atom stereocenters. The minimum atomic E-state index is -3.36. The van der Waals surface area contributed by atoms with Crippen LogP contribution in [0.5, 0.6) is 0 Å². The van der Waals surface area contributed by atoms with Crippen LogP contribution < -0.4 is 4.72 Å². The van der Waals surface area contributed by atoms with Crippen molar-refractivity contribution in [2.75, 3.05) is 10.5 Å². The maximum absolute atomic E-state index is 12.1. The molecule has 1 aliphatic carbocycles. The highest BCUT2D eigenvalue weighted by atomic mass is 32.2. The zero-order valence-corrected chi connectivity index (χ0v) is 19.8. The molecule has 172 valence electrons. The smallest absolute Gasteiger partial charge is 0.232 e. The minimum Gasteiger partial charge on any atom is -0.336 e. The first-order chi connectivity index (χ1) is 16.5. The Labute approximate surface area is 199 Å². The molecule has 4 aromatic rings. The van der Waals surface area contributed by atoms with Crippen LogP contribution in [0.4, 0.5) is 5.69 Å². The number of benzene rings is 2. The lowest BCUT2D eigenvalue weighted by atomic mass is 9.92.